The van der Waals surface area contributed by atoms with Gasteiger partial charge in [-0.2, -0.15) is 0 Å². The number of ether oxygens (including phenoxy) is 1. The van der Waals surface area contributed by atoms with E-state index in [1.54, 1.807) is 6.20 Å². The van der Waals surface area contributed by atoms with Gasteiger partial charge in [-0.25, -0.2) is 4.98 Å². The molecular formula is C25H30N4O3. The van der Waals surface area contributed by atoms with E-state index in [1.165, 1.54) is 5.56 Å². The fraction of sp³-hybridized carbons (Fsp3) is 0.480. The van der Waals surface area contributed by atoms with Crippen molar-refractivity contribution in [2.45, 2.75) is 31.3 Å². The van der Waals surface area contributed by atoms with Gasteiger partial charge in [-0.05, 0) is 42.9 Å². The van der Waals surface area contributed by atoms with Gasteiger partial charge < -0.3 is 19.9 Å². The maximum Gasteiger partial charge on any atom is 0.252 e. The Kier molecular flexibility index (Phi) is 6.08. The summed E-state index contributed by atoms with van der Waals surface area (Å²) in [5.74, 6) is 1.52. The Labute approximate surface area is 188 Å². The summed E-state index contributed by atoms with van der Waals surface area (Å²) in [4.78, 5) is 33.9. The van der Waals surface area contributed by atoms with Crippen LogP contribution in [-0.4, -0.2) is 67.1 Å². The number of pyridine rings is 1. The quantitative estimate of drug-likeness (QED) is 0.756. The van der Waals surface area contributed by atoms with Crippen molar-refractivity contribution in [3.05, 3.63) is 59.8 Å². The lowest BCUT2D eigenvalue weighted by Crippen LogP contribution is -2.49. The van der Waals surface area contributed by atoms with Crippen LogP contribution in [0.25, 0.3) is 0 Å². The van der Waals surface area contributed by atoms with Crippen LogP contribution in [0.3, 0.4) is 0 Å². The Morgan fingerprint density at radius 3 is 2.56 bits per heavy atom. The van der Waals surface area contributed by atoms with Crippen LogP contribution in [-0.2, 0) is 9.53 Å². The van der Waals surface area contributed by atoms with E-state index in [9.17, 15) is 9.59 Å². The number of hydrogen-bond donors (Lipinski definition) is 1. The Morgan fingerprint density at radius 2 is 1.88 bits per heavy atom. The first-order valence-electron chi connectivity index (χ1n) is 11.6. The van der Waals surface area contributed by atoms with Crippen LogP contribution in [0.2, 0.25) is 0 Å². The summed E-state index contributed by atoms with van der Waals surface area (Å²) < 4.78 is 5.55. The standard InChI is InChI=1S/C25H30N4O3/c30-24(27-17-20-7-4-14-32-20)19-8-9-23(26-16-19)28-10-12-29(13-11-28)25(31)22-15-21(22)18-5-2-1-3-6-18/h1-3,5-6,8-9,16,20-22H,4,7,10-15,17H2,(H,27,30). The van der Waals surface area contributed by atoms with Gasteiger partial charge in [0.1, 0.15) is 5.82 Å². The molecule has 1 aromatic carbocycles. The summed E-state index contributed by atoms with van der Waals surface area (Å²) in [6.07, 6.45) is 4.78. The predicted molar refractivity (Wildman–Crippen MR) is 122 cm³/mol. The van der Waals surface area contributed by atoms with Gasteiger partial charge in [-0.1, -0.05) is 30.3 Å². The van der Waals surface area contributed by atoms with Gasteiger partial charge in [0.15, 0.2) is 0 Å². The highest BCUT2D eigenvalue weighted by atomic mass is 16.5. The number of hydrogen-bond acceptors (Lipinski definition) is 5. The minimum absolute atomic E-state index is 0.118. The first-order chi connectivity index (χ1) is 15.7. The Balaban J connectivity index is 1.09. The van der Waals surface area contributed by atoms with Crippen LogP contribution in [0, 0.1) is 5.92 Å². The molecule has 1 aliphatic carbocycles. The van der Waals surface area contributed by atoms with Gasteiger partial charge in [0.2, 0.25) is 5.91 Å². The summed E-state index contributed by atoms with van der Waals surface area (Å²) in [5, 5.41) is 2.93. The van der Waals surface area contributed by atoms with E-state index < -0.39 is 0 Å². The van der Waals surface area contributed by atoms with Gasteiger partial charge >= 0.3 is 0 Å². The lowest BCUT2D eigenvalue weighted by molar-refractivity contribution is -0.133. The number of rotatable bonds is 6. The second-order valence-corrected chi connectivity index (χ2v) is 8.92. The molecule has 5 rings (SSSR count). The second-order valence-electron chi connectivity index (χ2n) is 8.92. The molecule has 0 bridgehead atoms. The van der Waals surface area contributed by atoms with Crippen LogP contribution in [0.4, 0.5) is 5.82 Å². The van der Waals surface area contributed by atoms with Gasteiger partial charge in [-0.15, -0.1) is 0 Å². The van der Waals surface area contributed by atoms with Crippen molar-refractivity contribution in [3.8, 4) is 0 Å². The van der Waals surface area contributed by atoms with Crippen LogP contribution in [0.5, 0.6) is 0 Å². The molecule has 3 aliphatic rings. The molecular weight excluding hydrogens is 404 g/mol. The molecule has 7 heteroatoms. The minimum Gasteiger partial charge on any atom is -0.376 e. The van der Waals surface area contributed by atoms with Crippen LogP contribution < -0.4 is 10.2 Å². The van der Waals surface area contributed by atoms with Crippen LogP contribution in [0.1, 0.15) is 41.1 Å². The van der Waals surface area contributed by atoms with E-state index in [0.717, 1.165) is 44.8 Å². The van der Waals surface area contributed by atoms with Crippen molar-refractivity contribution in [3.63, 3.8) is 0 Å². The molecule has 3 atom stereocenters. The second kappa shape index (κ2) is 9.28. The number of carbonyl (C=O) groups is 2. The van der Waals surface area contributed by atoms with E-state index in [1.807, 2.05) is 35.2 Å². The Morgan fingerprint density at radius 1 is 1.06 bits per heavy atom. The number of aromatic nitrogens is 1. The smallest absolute Gasteiger partial charge is 0.252 e. The Bertz CT molecular complexity index is 935. The average molecular weight is 435 g/mol. The molecule has 1 N–H and O–H groups in total. The van der Waals surface area contributed by atoms with Gasteiger partial charge in [-0.3, -0.25) is 9.59 Å². The summed E-state index contributed by atoms with van der Waals surface area (Å²) >= 11 is 0. The molecule has 2 aliphatic heterocycles. The molecule has 0 spiro atoms. The lowest BCUT2D eigenvalue weighted by atomic mass is 10.1. The highest BCUT2D eigenvalue weighted by Crippen LogP contribution is 2.48. The molecule has 2 aromatic rings. The summed E-state index contributed by atoms with van der Waals surface area (Å²) in [5.41, 5.74) is 1.83. The third-order valence-corrected chi connectivity index (χ3v) is 6.78. The summed E-state index contributed by atoms with van der Waals surface area (Å²) in [6, 6.07) is 14.0. The molecule has 0 radical (unpaired) electrons. The number of nitrogens with zero attached hydrogens (tertiary/aromatic N) is 3. The van der Waals surface area contributed by atoms with E-state index in [0.29, 0.717) is 31.1 Å². The van der Waals surface area contributed by atoms with Gasteiger partial charge in [0.25, 0.3) is 5.91 Å². The minimum atomic E-state index is -0.118. The zero-order valence-electron chi connectivity index (χ0n) is 18.3. The highest BCUT2D eigenvalue weighted by Gasteiger charge is 2.46. The molecule has 7 nitrogen and oxygen atoms in total. The first-order valence-corrected chi connectivity index (χ1v) is 11.6. The number of piperazine rings is 1. The maximum absolute atomic E-state index is 12.9. The SMILES string of the molecule is O=C(NCC1CCCO1)c1ccc(N2CCN(C(=O)C3CC3c3ccccc3)CC2)nc1. The van der Waals surface area contributed by atoms with E-state index in [-0.39, 0.29) is 23.8 Å². The van der Waals surface area contributed by atoms with Crippen molar-refractivity contribution in [2.24, 2.45) is 5.92 Å². The molecule has 3 heterocycles. The molecule has 32 heavy (non-hydrogen) atoms. The molecule has 2 amide bonds. The number of anilines is 1. The summed E-state index contributed by atoms with van der Waals surface area (Å²) in [7, 11) is 0. The Hall–Kier alpha value is -2.93. The van der Waals surface area contributed by atoms with Crippen LogP contribution >= 0.6 is 0 Å². The topological polar surface area (TPSA) is 74.8 Å². The van der Waals surface area contributed by atoms with Crippen molar-refractivity contribution in [1.29, 1.82) is 0 Å². The van der Waals surface area contributed by atoms with Crippen molar-refractivity contribution in [1.82, 2.24) is 15.2 Å². The fourth-order valence-corrected chi connectivity index (χ4v) is 4.75. The third-order valence-electron chi connectivity index (χ3n) is 6.78. The summed E-state index contributed by atoms with van der Waals surface area (Å²) in [6.45, 7) is 4.26. The number of benzene rings is 1. The normalized spacial score (nSPS) is 24.9. The highest BCUT2D eigenvalue weighted by molar-refractivity contribution is 5.94. The monoisotopic (exact) mass is 434 g/mol. The molecule has 3 fully saturated rings. The lowest BCUT2D eigenvalue weighted by Gasteiger charge is -2.35. The van der Waals surface area contributed by atoms with E-state index in [2.05, 4.69) is 27.3 Å². The molecule has 3 unspecified atom stereocenters. The zero-order chi connectivity index (χ0) is 21.9. The van der Waals surface area contributed by atoms with E-state index >= 15 is 0 Å². The van der Waals surface area contributed by atoms with E-state index in [4.69, 9.17) is 4.74 Å². The first kappa shape index (κ1) is 20.9. The number of amides is 2. The van der Waals surface area contributed by atoms with Crippen molar-refractivity contribution in [2.75, 3.05) is 44.2 Å². The number of carbonyl (C=O) groups excluding carboxylic acids is 2. The fourth-order valence-electron chi connectivity index (χ4n) is 4.75. The third kappa shape index (κ3) is 4.63. The van der Waals surface area contributed by atoms with Crippen LogP contribution in [0.15, 0.2) is 48.7 Å². The van der Waals surface area contributed by atoms with Gasteiger partial charge in [0, 0.05) is 51.4 Å². The molecule has 1 saturated carbocycles. The molecule has 1 aromatic heterocycles. The predicted octanol–water partition coefficient (Wildman–Crippen LogP) is 2.44. The molecule has 2 saturated heterocycles. The zero-order valence-corrected chi connectivity index (χ0v) is 18.3. The number of nitrogens with one attached hydrogen (secondary N) is 1. The average Bonchev–Trinajstić information content (AvgIpc) is 3.49. The van der Waals surface area contributed by atoms with Crippen molar-refractivity contribution >= 4 is 17.6 Å². The maximum atomic E-state index is 12.9. The largest absolute Gasteiger partial charge is 0.376 e. The van der Waals surface area contributed by atoms with Gasteiger partial charge in [0.05, 0.1) is 11.7 Å². The molecule has 168 valence electrons. The van der Waals surface area contributed by atoms with Crippen molar-refractivity contribution < 1.29 is 14.3 Å².